The molecule has 10 N–H and O–H groups in total. The summed E-state index contributed by atoms with van der Waals surface area (Å²) in [4.78, 5) is 35.7. The molecule has 6 atom stereocenters. The van der Waals surface area contributed by atoms with E-state index in [2.05, 4.69) is 10.6 Å². The summed E-state index contributed by atoms with van der Waals surface area (Å²) >= 11 is 0. The van der Waals surface area contributed by atoms with Crippen molar-refractivity contribution in [1.82, 2.24) is 15.4 Å². The Morgan fingerprint density at radius 1 is 1.00 bits per heavy atom. The average molecular weight is 507 g/mol. The van der Waals surface area contributed by atoms with Gasteiger partial charge in [0.15, 0.2) is 6.10 Å². The molecule has 0 saturated heterocycles. The zero-order valence-corrected chi connectivity index (χ0v) is 19.1. The van der Waals surface area contributed by atoms with E-state index in [1.165, 1.54) is 0 Å². The van der Waals surface area contributed by atoms with Crippen molar-refractivity contribution in [1.29, 1.82) is 0 Å². The van der Waals surface area contributed by atoms with Gasteiger partial charge in [0.05, 0.1) is 37.4 Å². The molecule has 192 valence electrons. The number of aliphatic hydroxyl groups excluding tert-OH is 4. The lowest BCUT2D eigenvalue weighted by Gasteiger charge is -2.30. The van der Waals surface area contributed by atoms with Gasteiger partial charge < -0.3 is 41.9 Å². The number of aliphatic carboxylic acids is 1. The minimum Gasteiger partial charge on any atom is -0.481 e. The molecule has 0 radical (unpaired) electrons. The maximum Gasteiger partial charge on any atom is 0.305 e. The van der Waals surface area contributed by atoms with E-state index in [4.69, 9.17) is 10.8 Å². The Morgan fingerprint density at radius 2 is 1.59 bits per heavy atom. The minimum absolute atomic E-state index is 0.415. The van der Waals surface area contributed by atoms with Gasteiger partial charge in [0, 0.05) is 6.54 Å². The van der Waals surface area contributed by atoms with Crippen LogP contribution < -0.4 is 21.1 Å². The van der Waals surface area contributed by atoms with Crippen molar-refractivity contribution in [2.24, 2.45) is 5.73 Å². The van der Waals surface area contributed by atoms with Crippen LogP contribution >= 0.6 is 0 Å². The molecule has 0 fully saturated rings. The fourth-order valence-electron chi connectivity index (χ4n) is 2.81. The number of carboxylic acid groups (broad SMARTS) is 1. The lowest BCUT2D eigenvalue weighted by atomic mass is 9.99. The van der Waals surface area contributed by atoms with Crippen LogP contribution in [0.2, 0.25) is 0 Å². The molecule has 0 aromatic heterocycles. The fraction of sp³-hybridized carbons (Fsp3) is 0.526. The molecule has 0 aliphatic rings. The van der Waals surface area contributed by atoms with Crippen molar-refractivity contribution in [3.63, 3.8) is 0 Å². The minimum atomic E-state index is -3.64. The largest absolute Gasteiger partial charge is 0.481 e. The van der Waals surface area contributed by atoms with E-state index in [1.54, 1.807) is 30.3 Å². The van der Waals surface area contributed by atoms with E-state index in [1.807, 2.05) is 4.72 Å². The van der Waals surface area contributed by atoms with Gasteiger partial charge in [-0.3, -0.25) is 14.4 Å². The van der Waals surface area contributed by atoms with E-state index in [9.17, 15) is 43.2 Å². The topological polar surface area (TPSA) is 249 Å². The van der Waals surface area contributed by atoms with Crippen LogP contribution in [0.5, 0.6) is 0 Å². The van der Waals surface area contributed by atoms with Gasteiger partial charge in [-0.15, -0.1) is 0 Å². The van der Waals surface area contributed by atoms with E-state index in [0.29, 0.717) is 5.56 Å². The molecule has 0 unspecified atom stereocenters. The van der Waals surface area contributed by atoms with E-state index < -0.39 is 83.8 Å². The highest BCUT2D eigenvalue weighted by Gasteiger charge is 2.37. The van der Waals surface area contributed by atoms with Crippen LogP contribution in [-0.4, -0.2) is 102 Å². The maximum atomic E-state index is 12.4. The first kappa shape index (κ1) is 29.4. The Kier molecular flexibility index (Phi) is 11.5. The van der Waals surface area contributed by atoms with Gasteiger partial charge in [0.2, 0.25) is 15.9 Å². The molecule has 1 rings (SSSR count). The first-order valence-corrected chi connectivity index (χ1v) is 11.9. The number of nitrogens with two attached hydrogens (primary N) is 1. The van der Waals surface area contributed by atoms with E-state index >= 15 is 0 Å². The quantitative estimate of drug-likeness (QED) is 0.117. The number of carbonyl (C=O) groups is 3. The van der Waals surface area contributed by atoms with Crippen molar-refractivity contribution in [3.05, 3.63) is 35.9 Å². The molecule has 0 saturated carbocycles. The lowest BCUT2D eigenvalue weighted by Crippen LogP contribution is -2.59. The first-order valence-electron chi connectivity index (χ1n) is 9.99. The van der Waals surface area contributed by atoms with Crippen LogP contribution in [0.3, 0.4) is 0 Å². The number of rotatable bonds is 14. The Bertz CT molecular complexity index is 930. The average Bonchev–Trinajstić information content (AvgIpc) is 2.78. The third kappa shape index (κ3) is 9.68. The smallest absolute Gasteiger partial charge is 0.305 e. The van der Waals surface area contributed by atoms with Crippen molar-refractivity contribution in [2.75, 3.05) is 19.4 Å². The first-order chi connectivity index (χ1) is 15.8. The van der Waals surface area contributed by atoms with Gasteiger partial charge in [-0.2, -0.15) is 0 Å². The third-order valence-corrected chi connectivity index (χ3v) is 5.37. The Morgan fingerprint density at radius 3 is 2.09 bits per heavy atom. The van der Waals surface area contributed by atoms with Gasteiger partial charge in [-0.25, -0.2) is 13.1 Å². The van der Waals surface area contributed by atoms with Crippen molar-refractivity contribution >= 4 is 27.8 Å². The number of aliphatic hydroxyl groups is 4. The number of benzene rings is 1. The third-order valence-electron chi connectivity index (χ3n) is 4.68. The Labute approximate surface area is 195 Å². The number of amides is 2. The second-order valence-electron chi connectivity index (χ2n) is 7.52. The number of nitrogens with one attached hydrogen (secondary N) is 3. The molecule has 0 aliphatic carbocycles. The second-order valence-corrected chi connectivity index (χ2v) is 9.35. The van der Waals surface area contributed by atoms with Gasteiger partial charge >= 0.3 is 5.97 Å². The van der Waals surface area contributed by atoms with E-state index in [0.717, 1.165) is 6.26 Å². The summed E-state index contributed by atoms with van der Waals surface area (Å²) in [5.41, 5.74) is 5.95. The molecular formula is C19H30N4O10S. The molecule has 14 nitrogen and oxygen atoms in total. The van der Waals surface area contributed by atoms with Gasteiger partial charge in [0.25, 0.3) is 5.91 Å². The van der Waals surface area contributed by atoms with Crippen LogP contribution in [0.1, 0.15) is 18.0 Å². The molecule has 15 heteroatoms. The Hall–Kier alpha value is -2.66. The van der Waals surface area contributed by atoms with Crippen LogP contribution in [0.25, 0.3) is 0 Å². The summed E-state index contributed by atoms with van der Waals surface area (Å²) in [7, 11) is -3.64. The number of sulfonamides is 1. The second kappa shape index (κ2) is 13.3. The molecule has 1 aromatic carbocycles. The summed E-state index contributed by atoms with van der Waals surface area (Å²) < 4.78 is 24.2. The van der Waals surface area contributed by atoms with Crippen LogP contribution in [0, 0.1) is 0 Å². The van der Waals surface area contributed by atoms with Crippen LogP contribution in [0.4, 0.5) is 0 Å². The number of carbonyl (C=O) groups excluding carboxylic acids is 2. The number of hydrogen-bond donors (Lipinski definition) is 9. The summed E-state index contributed by atoms with van der Waals surface area (Å²) in [6, 6.07) is 3.92. The number of carboxylic acids is 1. The molecule has 0 spiro atoms. The molecule has 34 heavy (non-hydrogen) atoms. The van der Waals surface area contributed by atoms with Crippen LogP contribution in [-0.2, 0) is 24.4 Å². The molecule has 1 aromatic rings. The monoisotopic (exact) mass is 506 g/mol. The van der Waals surface area contributed by atoms with Crippen molar-refractivity contribution in [3.8, 4) is 0 Å². The predicted molar refractivity (Wildman–Crippen MR) is 117 cm³/mol. The van der Waals surface area contributed by atoms with Gasteiger partial charge in [-0.05, 0) is 5.56 Å². The zero-order chi connectivity index (χ0) is 26.1. The number of hydrogen-bond acceptors (Lipinski definition) is 10. The summed E-state index contributed by atoms with van der Waals surface area (Å²) in [5, 5.41) is 53.6. The van der Waals surface area contributed by atoms with Crippen molar-refractivity contribution in [2.45, 2.75) is 42.9 Å². The predicted octanol–water partition coefficient (Wildman–Crippen LogP) is -4.25. The normalized spacial score (nSPS) is 17.0. The highest BCUT2D eigenvalue weighted by atomic mass is 32.2. The van der Waals surface area contributed by atoms with Gasteiger partial charge in [-0.1, -0.05) is 30.3 Å². The molecule has 0 bridgehead atoms. The van der Waals surface area contributed by atoms with Gasteiger partial charge in [0.1, 0.15) is 12.2 Å². The maximum absolute atomic E-state index is 12.4. The molecular weight excluding hydrogens is 476 g/mol. The summed E-state index contributed by atoms with van der Waals surface area (Å²) in [6.45, 7) is -1.42. The standard InChI is InChI=1S/C19H30N4O10S/c1-34(32,33)21-8-11(20)18(30)23-13(9-24)15(27)16(28)17(29)19(31)22-12(7-14(25)26)10-5-3-2-4-6-10/h2-6,11-13,15-17,21,24,27-29H,7-9,20H2,1H3,(H,22,31)(H,23,30)(H,25,26)/t11-,12-,13-,15+,16+,17-/m0/s1. The Balaban J connectivity index is 2.82. The fourth-order valence-corrected chi connectivity index (χ4v) is 3.29. The summed E-state index contributed by atoms with van der Waals surface area (Å²) in [5.74, 6) is -3.45. The molecule has 0 heterocycles. The summed E-state index contributed by atoms with van der Waals surface area (Å²) in [6.07, 6.45) is -6.21. The van der Waals surface area contributed by atoms with E-state index in [-0.39, 0.29) is 0 Å². The SMILES string of the molecule is CS(=O)(=O)NC[C@H](N)C(=O)N[C@@H](CO)[C@@H](O)[C@@H](O)[C@H](O)C(=O)N[C@@H](CC(=O)O)c1ccccc1. The highest BCUT2D eigenvalue weighted by Crippen LogP contribution is 2.17. The molecule has 0 aliphatic heterocycles. The molecule has 2 amide bonds. The highest BCUT2D eigenvalue weighted by molar-refractivity contribution is 7.88. The van der Waals surface area contributed by atoms with Crippen molar-refractivity contribution < 1.29 is 48.3 Å². The van der Waals surface area contributed by atoms with Crippen LogP contribution in [0.15, 0.2) is 30.3 Å². The zero-order valence-electron chi connectivity index (χ0n) is 18.2. The lowest BCUT2D eigenvalue weighted by molar-refractivity contribution is -0.144.